The summed E-state index contributed by atoms with van der Waals surface area (Å²) >= 11 is 18.3. The van der Waals surface area contributed by atoms with Crippen LogP contribution in [0.3, 0.4) is 0 Å². The molecule has 1 aromatic heterocycles. The van der Waals surface area contributed by atoms with Gasteiger partial charge in [-0.25, -0.2) is 4.79 Å². The standard InChI is InChI=1S/C15H7Cl3F3NO3S/c16-7-3-6(4-8(17)12(7)18)14(15(19,20)21)5-9(22-25-14)10-1-2-11(26-10)13(23)24/h1-4H,5H2,(H,23,24). The topological polar surface area (TPSA) is 58.9 Å². The summed E-state index contributed by atoms with van der Waals surface area (Å²) in [6, 6.07) is 4.72. The van der Waals surface area contributed by atoms with Gasteiger partial charge in [0.15, 0.2) is 0 Å². The first-order chi connectivity index (χ1) is 12.0. The Balaban J connectivity index is 2.03. The Kier molecular flexibility index (Phi) is 4.89. The number of hydrogen-bond acceptors (Lipinski definition) is 4. The van der Waals surface area contributed by atoms with Crippen LogP contribution in [0.1, 0.15) is 26.5 Å². The van der Waals surface area contributed by atoms with Crippen molar-refractivity contribution >= 4 is 57.8 Å². The summed E-state index contributed by atoms with van der Waals surface area (Å²) in [6.07, 6.45) is -5.50. The molecule has 4 nitrogen and oxygen atoms in total. The lowest BCUT2D eigenvalue weighted by Crippen LogP contribution is -2.42. The summed E-state index contributed by atoms with van der Waals surface area (Å²) in [4.78, 5) is 16.0. The first-order valence-corrected chi connectivity index (χ1v) is 8.80. The van der Waals surface area contributed by atoms with Crippen LogP contribution in [-0.2, 0) is 10.4 Å². The quantitative estimate of drug-likeness (QED) is 0.592. The van der Waals surface area contributed by atoms with Crippen LogP contribution in [0.4, 0.5) is 13.2 Å². The molecular weight excluding hydrogens is 438 g/mol. The van der Waals surface area contributed by atoms with Crippen LogP contribution >= 0.6 is 46.1 Å². The number of aromatic carboxylic acids is 1. The van der Waals surface area contributed by atoms with Crippen LogP contribution in [0.5, 0.6) is 0 Å². The third kappa shape index (κ3) is 3.15. The van der Waals surface area contributed by atoms with E-state index in [9.17, 15) is 18.0 Å². The molecule has 0 fully saturated rings. The zero-order chi connectivity index (χ0) is 19.3. The highest BCUT2D eigenvalue weighted by molar-refractivity contribution is 7.16. The lowest BCUT2D eigenvalue weighted by atomic mass is 9.88. The van der Waals surface area contributed by atoms with E-state index in [0.717, 1.165) is 23.5 Å². The fraction of sp³-hybridized carbons (Fsp3) is 0.200. The molecule has 138 valence electrons. The van der Waals surface area contributed by atoms with E-state index >= 15 is 0 Å². The van der Waals surface area contributed by atoms with E-state index in [4.69, 9.17) is 44.7 Å². The molecule has 0 saturated heterocycles. The molecule has 26 heavy (non-hydrogen) atoms. The fourth-order valence-corrected chi connectivity index (χ4v) is 3.85. The van der Waals surface area contributed by atoms with E-state index in [2.05, 4.69) is 5.16 Å². The first-order valence-electron chi connectivity index (χ1n) is 6.85. The molecule has 0 spiro atoms. The van der Waals surface area contributed by atoms with Crippen molar-refractivity contribution in [2.24, 2.45) is 5.16 Å². The molecule has 0 aliphatic carbocycles. The first kappa shape index (κ1) is 19.3. The third-order valence-corrected chi connectivity index (χ3v) is 6.06. The Hall–Kier alpha value is -1.48. The smallest absolute Gasteiger partial charge is 0.435 e. The number of carboxylic acids is 1. The van der Waals surface area contributed by atoms with Gasteiger partial charge in [-0.2, -0.15) is 13.2 Å². The average Bonchev–Trinajstić information content (AvgIpc) is 3.18. The maximum absolute atomic E-state index is 13.9. The maximum atomic E-state index is 13.9. The molecule has 2 aromatic rings. The van der Waals surface area contributed by atoms with Gasteiger partial charge < -0.3 is 9.94 Å². The lowest BCUT2D eigenvalue weighted by Gasteiger charge is -2.29. The summed E-state index contributed by atoms with van der Waals surface area (Å²) in [5, 5.41) is 12.1. The minimum atomic E-state index is -4.84. The van der Waals surface area contributed by atoms with Gasteiger partial charge in [0.1, 0.15) is 10.6 Å². The molecule has 0 bridgehead atoms. The van der Waals surface area contributed by atoms with Crippen molar-refractivity contribution in [1.29, 1.82) is 0 Å². The molecule has 11 heteroatoms. The SMILES string of the molecule is O=C(O)c1ccc(C2=NOC(c3cc(Cl)c(Cl)c(Cl)c3)(C(F)(F)F)C2)s1. The Morgan fingerprint density at radius 3 is 2.35 bits per heavy atom. The predicted molar refractivity (Wildman–Crippen MR) is 92.7 cm³/mol. The average molecular weight is 445 g/mol. The Morgan fingerprint density at radius 1 is 1.23 bits per heavy atom. The van der Waals surface area contributed by atoms with Crippen molar-refractivity contribution < 1.29 is 27.9 Å². The van der Waals surface area contributed by atoms with E-state index in [0.29, 0.717) is 0 Å². The minimum absolute atomic E-state index is 0.0233. The minimum Gasteiger partial charge on any atom is -0.477 e. The number of rotatable bonds is 3. The van der Waals surface area contributed by atoms with E-state index in [1.165, 1.54) is 12.1 Å². The predicted octanol–water partition coefficient (Wildman–Crippen LogP) is 5.99. The number of thiophene rings is 1. The largest absolute Gasteiger partial charge is 0.477 e. The summed E-state index contributed by atoms with van der Waals surface area (Å²) in [7, 11) is 0. The molecule has 1 aliphatic heterocycles. The van der Waals surface area contributed by atoms with E-state index < -0.39 is 24.2 Å². The zero-order valence-corrected chi connectivity index (χ0v) is 15.5. The van der Waals surface area contributed by atoms with E-state index in [1.54, 1.807) is 0 Å². The highest BCUT2D eigenvalue weighted by Gasteiger charge is 2.62. The van der Waals surface area contributed by atoms with Gasteiger partial charge in [-0.05, 0) is 24.3 Å². The number of halogens is 6. The number of benzene rings is 1. The summed E-state index contributed by atoms with van der Waals surface area (Å²) in [5.74, 6) is -1.18. The Bertz CT molecular complexity index is 905. The number of carboxylic acid groups (broad SMARTS) is 1. The molecule has 1 aromatic carbocycles. The van der Waals surface area contributed by atoms with Gasteiger partial charge in [-0.15, -0.1) is 11.3 Å². The number of carbonyl (C=O) groups is 1. The van der Waals surface area contributed by atoms with Gasteiger partial charge >= 0.3 is 12.1 Å². The van der Waals surface area contributed by atoms with Gasteiger partial charge in [0, 0.05) is 5.56 Å². The van der Waals surface area contributed by atoms with Gasteiger partial charge in [-0.3, -0.25) is 0 Å². The summed E-state index contributed by atoms with van der Waals surface area (Å²) in [6.45, 7) is 0. The van der Waals surface area contributed by atoms with Crippen molar-refractivity contribution in [2.75, 3.05) is 0 Å². The molecule has 0 saturated carbocycles. The zero-order valence-electron chi connectivity index (χ0n) is 12.4. The third-order valence-electron chi connectivity index (χ3n) is 3.74. The van der Waals surface area contributed by atoms with Crippen LogP contribution in [0, 0.1) is 0 Å². The molecule has 0 amide bonds. The van der Waals surface area contributed by atoms with Crippen LogP contribution in [-0.4, -0.2) is 23.0 Å². The van der Waals surface area contributed by atoms with Crippen LogP contribution in [0.2, 0.25) is 15.1 Å². The molecule has 0 radical (unpaired) electrons. The molecule has 1 aliphatic rings. The maximum Gasteiger partial charge on any atom is 0.435 e. The summed E-state index contributed by atoms with van der Waals surface area (Å²) in [5.41, 5.74) is -3.17. The van der Waals surface area contributed by atoms with Crippen molar-refractivity contribution in [3.8, 4) is 0 Å². The number of alkyl halides is 3. The van der Waals surface area contributed by atoms with Crippen molar-refractivity contribution in [1.82, 2.24) is 0 Å². The molecular formula is C15H7Cl3F3NO3S. The van der Waals surface area contributed by atoms with Crippen molar-refractivity contribution in [3.05, 3.63) is 54.7 Å². The lowest BCUT2D eigenvalue weighted by molar-refractivity contribution is -0.275. The van der Waals surface area contributed by atoms with Crippen LogP contribution in [0.15, 0.2) is 29.4 Å². The monoisotopic (exact) mass is 443 g/mol. The van der Waals surface area contributed by atoms with E-state index in [1.807, 2.05) is 0 Å². The second-order valence-electron chi connectivity index (χ2n) is 5.35. The molecule has 2 heterocycles. The second kappa shape index (κ2) is 6.60. The van der Waals surface area contributed by atoms with Crippen LogP contribution < -0.4 is 0 Å². The van der Waals surface area contributed by atoms with Crippen molar-refractivity contribution in [3.63, 3.8) is 0 Å². The van der Waals surface area contributed by atoms with Gasteiger partial charge in [0.2, 0.25) is 0 Å². The van der Waals surface area contributed by atoms with Gasteiger partial charge in [0.25, 0.3) is 5.60 Å². The number of hydrogen-bond donors (Lipinski definition) is 1. The highest BCUT2D eigenvalue weighted by atomic mass is 35.5. The Morgan fingerprint density at radius 2 is 1.85 bits per heavy atom. The molecule has 1 N–H and O–H groups in total. The molecule has 1 atom stereocenters. The molecule has 1 unspecified atom stereocenters. The van der Waals surface area contributed by atoms with Crippen LogP contribution in [0.25, 0.3) is 0 Å². The fourth-order valence-electron chi connectivity index (χ4n) is 2.43. The van der Waals surface area contributed by atoms with E-state index in [-0.39, 0.29) is 36.1 Å². The molecule has 3 rings (SSSR count). The highest BCUT2D eigenvalue weighted by Crippen LogP contribution is 2.50. The Labute approximate surface area is 163 Å². The van der Waals surface area contributed by atoms with Gasteiger partial charge in [-0.1, -0.05) is 40.0 Å². The van der Waals surface area contributed by atoms with Crippen molar-refractivity contribution in [2.45, 2.75) is 18.2 Å². The second-order valence-corrected chi connectivity index (χ2v) is 7.63. The number of oxime groups is 1. The summed E-state index contributed by atoms with van der Waals surface area (Å²) < 4.78 is 41.6. The number of nitrogens with zero attached hydrogens (tertiary/aromatic N) is 1. The van der Waals surface area contributed by atoms with Gasteiger partial charge in [0.05, 0.1) is 26.4 Å². The normalized spacial score (nSPS) is 20.0.